The molecule has 15 heavy (non-hydrogen) atoms. The van der Waals surface area contributed by atoms with Gasteiger partial charge in [-0.3, -0.25) is 0 Å². The Hall–Kier alpha value is -1.91. The second-order valence-corrected chi connectivity index (χ2v) is 3.36. The van der Waals surface area contributed by atoms with Gasteiger partial charge in [0.05, 0.1) is 0 Å². The summed E-state index contributed by atoms with van der Waals surface area (Å²) >= 11 is 0. The molecule has 1 rings (SSSR count). The molecule has 5 heteroatoms. The van der Waals surface area contributed by atoms with Crippen LogP contribution in [0, 0.1) is 0 Å². The summed E-state index contributed by atoms with van der Waals surface area (Å²) in [5.41, 5.74) is 0.954. The van der Waals surface area contributed by atoms with Gasteiger partial charge in [-0.05, 0) is 13.0 Å². The zero-order valence-corrected chi connectivity index (χ0v) is 8.77. The average Bonchev–Trinajstić information content (AvgIpc) is 2.17. The van der Waals surface area contributed by atoms with Crippen molar-refractivity contribution in [2.24, 2.45) is 0 Å². The molecule has 1 aromatic heterocycles. The van der Waals surface area contributed by atoms with Crippen LogP contribution in [0.3, 0.4) is 0 Å². The normalized spacial score (nSPS) is 9.73. The third-order valence-electron chi connectivity index (χ3n) is 1.71. The second-order valence-electron chi connectivity index (χ2n) is 3.36. The van der Waals surface area contributed by atoms with Gasteiger partial charge in [0.2, 0.25) is 5.95 Å². The van der Waals surface area contributed by atoms with Crippen molar-refractivity contribution in [1.29, 1.82) is 0 Å². The fourth-order valence-corrected chi connectivity index (χ4v) is 1.13. The molecule has 0 saturated heterocycles. The molecule has 0 aliphatic heterocycles. The summed E-state index contributed by atoms with van der Waals surface area (Å²) < 4.78 is 0. The molecule has 1 aromatic rings. The van der Waals surface area contributed by atoms with Gasteiger partial charge in [-0.15, -0.1) is 0 Å². The van der Waals surface area contributed by atoms with Crippen LogP contribution >= 0.6 is 0 Å². The van der Waals surface area contributed by atoms with E-state index in [1.165, 1.54) is 12.3 Å². The van der Waals surface area contributed by atoms with Crippen molar-refractivity contribution in [3.8, 4) is 0 Å². The highest BCUT2D eigenvalue weighted by molar-refractivity contribution is 5.85. The molecule has 0 unspecified atom stereocenters. The van der Waals surface area contributed by atoms with E-state index < -0.39 is 5.97 Å². The number of aromatic carboxylic acids is 1. The lowest BCUT2D eigenvalue weighted by Crippen LogP contribution is -2.22. The Morgan fingerprint density at radius 2 is 2.33 bits per heavy atom. The lowest BCUT2D eigenvalue weighted by atomic mass is 10.3. The van der Waals surface area contributed by atoms with Crippen molar-refractivity contribution < 1.29 is 9.90 Å². The molecule has 5 nitrogen and oxygen atoms in total. The molecule has 0 aromatic carbocycles. The summed E-state index contributed by atoms with van der Waals surface area (Å²) in [6.07, 6.45) is 1.43. The predicted molar refractivity (Wildman–Crippen MR) is 57.1 cm³/mol. The highest BCUT2D eigenvalue weighted by Gasteiger charge is 2.09. The summed E-state index contributed by atoms with van der Waals surface area (Å²) in [6.45, 7) is 6.25. The maximum Gasteiger partial charge on any atom is 0.354 e. The van der Waals surface area contributed by atoms with Gasteiger partial charge in [-0.25, -0.2) is 14.8 Å². The minimum atomic E-state index is -1.05. The summed E-state index contributed by atoms with van der Waals surface area (Å²) in [7, 11) is 1.79. The SMILES string of the molecule is C=C(C)CN(C)c1nccc(C(=O)O)n1. The molecule has 1 heterocycles. The number of anilines is 1. The van der Waals surface area contributed by atoms with Gasteiger partial charge in [0.25, 0.3) is 0 Å². The van der Waals surface area contributed by atoms with Crippen LogP contribution in [0.15, 0.2) is 24.4 Å². The van der Waals surface area contributed by atoms with E-state index in [0.29, 0.717) is 12.5 Å². The zero-order valence-electron chi connectivity index (χ0n) is 8.77. The van der Waals surface area contributed by atoms with Crippen LogP contribution < -0.4 is 4.90 Å². The summed E-state index contributed by atoms with van der Waals surface area (Å²) in [5, 5.41) is 8.75. The Bertz CT molecular complexity index is 390. The largest absolute Gasteiger partial charge is 0.477 e. The second kappa shape index (κ2) is 4.54. The van der Waals surface area contributed by atoms with Gasteiger partial charge in [-0.2, -0.15) is 0 Å². The first kappa shape index (κ1) is 11.2. The molecule has 0 aliphatic carbocycles. The molecular formula is C10H13N3O2. The van der Waals surface area contributed by atoms with Gasteiger partial charge in [-0.1, -0.05) is 12.2 Å². The van der Waals surface area contributed by atoms with E-state index in [1.807, 2.05) is 6.92 Å². The maximum atomic E-state index is 10.7. The molecule has 0 saturated carbocycles. The molecule has 0 fully saturated rings. The van der Waals surface area contributed by atoms with Crippen LogP contribution in [-0.4, -0.2) is 34.6 Å². The smallest absolute Gasteiger partial charge is 0.354 e. The standard InChI is InChI=1S/C10H13N3O2/c1-7(2)6-13(3)10-11-5-4-8(12-10)9(14)15/h4-5H,1,6H2,2-3H3,(H,14,15). The molecule has 80 valence electrons. The number of aromatic nitrogens is 2. The minimum absolute atomic E-state index is 0.00596. The lowest BCUT2D eigenvalue weighted by Gasteiger charge is -2.16. The number of rotatable bonds is 4. The molecule has 0 atom stereocenters. The van der Waals surface area contributed by atoms with E-state index in [9.17, 15) is 4.79 Å². The zero-order chi connectivity index (χ0) is 11.4. The van der Waals surface area contributed by atoms with Gasteiger partial charge in [0.1, 0.15) is 0 Å². The van der Waals surface area contributed by atoms with Crippen LogP contribution in [0.5, 0.6) is 0 Å². The Balaban J connectivity index is 2.89. The Labute approximate surface area is 88.1 Å². The van der Waals surface area contributed by atoms with Gasteiger partial charge >= 0.3 is 5.97 Å². The third kappa shape index (κ3) is 3.05. The van der Waals surface area contributed by atoms with Crippen LogP contribution in [0.25, 0.3) is 0 Å². The first-order valence-corrected chi connectivity index (χ1v) is 4.42. The minimum Gasteiger partial charge on any atom is -0.477 e. The molecular weight excluding hydrogens is 194 g/mol. The molecule has 0 spiro atoms. The van der Waals surface area contributed by atoms with Gasteiger partial charge in [0, 0.05) is 19.8 Å². The van der Waals surface area contributed by atoms with Crippen molar-refractivity contribution >= 4 is 11.9 Å². The highest BCUT2D eigenvalue weighted by atomic mass is 16.4. The highest BCUT2D eigenvalue weighted by Crippen LogP contribution is 2.07. The van der Waals surface area contributed by atoms with Crippen molar-refractivity contribution in [3.05, 3.63) is 30.1 Å². The molecule has 0 radical (unpaired) electrons. The molecule has 0 amide bonds. The fourth-order valence-electron chi connectivity index (χ4n) is 1.13. The summed E-state index contributed by atoms with van der Waals surface area (Å²) in [5.74, 6) is -0.666. The van der Waals surface area contributed by atoms with Crippen LogP contribution in [0.1, 0.15) is 17.4 Å². The number of hydrogen-bond donors (Lipinski definition) is 1. The number of carboxylic acids is 1. The molecule has 0 bridgehead atoms. The molecule has 0 aliphatic rings. The number of nitrogens with zero attached hydrogens (tertiary/aromatic N) is 3. The monoisotopic (exact) mass is 207 g/mol. The van der Waals surface area contributed by atoms with E-state index >= 15 is 0 Å². The summed E-state index contributed by atoms with van der Waals surface area (Å²) in [4.78, 5) is 20.3. The van der Waals surface area contributed by atoms with Crippen molar-refractivity contribution in [2.45, 2.75) is 6.92 Å². The Kier molecular flexibility index (Phi) is 3.38. The number of hydrogen-bond acceptors (Lipinski definition) is 4. The fraction of sp³-hybridized carbons (Fsp3) is 0.300. The van der Waals surface area contributed by atoms with E-state index in [4.69, 9.17) is 5.11 Å². The van der Waals surface area contributed by atoms with Gasteiger partial charge < -0.3 is 10.0 Å². The maximum absolute atomic E-state index is 10.7. The first-order chi connectivity index (χ1) is 7.00. The van der Waals surface area contributed by atoms with Crippen molar-refractivity contribution in [2.75, 3.05) is 18.5 Å². The van der Waals surface area contributed by atoms with Crippen molar-refractivity contribution in [3.63, 3.8) is 0 Å². The first-order valence-electron chi connectivity index (χ1n) is 4.42. The van der Waals surface area contributed by atoms with Crippen LogP contribution in [0.4, 0.5) is 5.95 Å². The average molecular weight is 207 g/mol. The topological polar surface area (TPSA) is 66.3 Å². The Morgan fingerprint density at radius 3 is 2.87 bits per heavy atom. The number of carbonyl (C=O) groups is 1. The van der Waals surface area contributed by atoms with Crippen LogP contribution in [-0.2, 0) is 0 Å². The summed E-state index contributed by atoms with van der Waals surface area (Å²) in [6, 6.07) is 1.36. The number of likely N-dealkylation sites (N-methyl/N-ethyl adjacent to an activating group) is 1. The van der Waals surface area contributed by atoms with Gasteiger partial charge in [0.15, 0.2) is 5.69 Å². The Morgan fingerprint density at radius 1 is 1.67 bits per heavy atom. The quantitative estimate of drug-likeness (QED) is 0.751. The van der Waals surface area contributed by atoms with E-state index in [-0.39, 0.29) is 5.69 Å². The van der Waals surface area contributed by atoms with Crippen molar-refractivity contribution in [1.82, 2.24) is 9.97 Å². The van der Waals surface area contributed by atoms with E-state index in [0.717, 1.165) is 5.57 Å². The van der Waals surface area contributed by atoms with Crippen LogP contribution in [0.2, 0.25) is 0 Å². The third-order valence-corrected chi connectivity index (χ3v) is 1.71. The van der Waals surface area contributed by atoms with E-state index in [1.54, 1.807) is 11.9 Å². The molecule has 1 N–H and O–H groups in total. The number of carboxylic acid groups (broad SMARTS) is 1. The van der Waals surface area contributed by atoms with E-state index in [2.05, 4.69) is 16.5 Å². The lowest BCUT2D eigenvalue weighted by molar-refractivity contribution is 0.0690. The predicted octanol–water partition coefficient (Wildman–Crippen LogP) is 1.19.